The molecule has 1 heterocycles. The lowest BCUT2D eigenvalue weighted by Crippen LogP contribution is -2.33. The monoisotopic (exact) mass is 262 g/mol. The number of rotatable bonds is 0. The molecular weight excluding hydrogens is 247 g/mol. The molecule has 0 fully saturated rings. The smallest absolute Gasteiger partial charge is 0.410 e. The van der Waals surface area contributed by atoms with Gasteiger partial charge in [0.05, 0.1) is 5.56 Å². The summed E-state index contributed by atoms with van der Waals surface area (Å²) in [6.45, 7) is 6.04. The summed E-state index contributed by atoms with van der Waals surface area (Å²) in [5, 5.41) is 8.78. The van der Waals surface area contributed by atoms with E-state index in [1.54, 1.807) is 26.8 Å². The summed E-state index contributed by atoms with van der Waals surface area (Å²) in [4.78, 5) is 13.4. The van der Waals surface area contributed by atoms with Gasteiger partial charge in [-0.3, -0.25) is 4.90 Å². The standard InChI is InChI=1S/C14H15FN2O2/c1-14(2,3)19-13(18)17-7-10-4-9(6-16)12(15)5-11(10)8-17/h4-5H,7-8H2,1-3H3. The zero-order valence-corrected chi connectivity index (χ0v) is 11.2. The first kappa shape index (κ1) is 13.3. The minimum atomic E-state index is -0.561. The SMILES string of the molecule is CC(C)(C)OC(=O)N1Cc2cc(F)c(C#N)cc2C1. The Balaban J connectivity index is 2.17. The molecule has 4 nitrogen and oxygen atoms in total. The minimum Gasteiger partial charge on any atom is -0.444 e. The van der Waals surface area contributed by atoms with E-state index >= 15 is 0 Å². The molecule has 0 bridgehead atoms. The van der Waals surface area contributed by atoms with Gasteiger partial charge in [0.1, 0.15) is 17.5 Å². The van der Waals surface area contributed by atoms with Crippen molar-refractivity contribution in [1.29, 1.82) is 5.26 Å². The first-order valence-corrected chi connectivity index (χ1v) is 5.99. The van der Waals surface area contributed by atoms with Gasteiger partial charge >= 0.3 is 6.09 Å². The Morgan fingerprint density at radius 3 is 2.47 bits per heavy atom. The molecule has 1 aromatic rings. The second-order valence-electron chi connectivity index (χ2n) is 5.55. The van der Waals surface area contributed by atoms with Gasteiger partial charge in [-0.25, -0.2) is 9.18 Å². The quantitative estimate of drug-likeness (QED) is 0.722. The van der Waals surface area contributed by atoms with Crippen LogP contribution < -0.4 is 0 Å². The van der Waals surface area contributed by atoms with Crippen molar-refractivity contribution in [3.05, 3.63) is 34.6 Å². The van der Waals surface area contributed by atoms with E-state index < -0.39 is 17.5 Å². The fourth-order valence-electron chi connectivity index (χ4n) is 1.96. The molecule has 0 aromatic heterocycles. The summed E-state index contributed by atoms with van der Waals surface area (Å²) in [6, 6.07) is 4.61. The number of ether oxygens (including phenoxy) is 1. The van der Waals surface area contributed by atoms with E-state index in [1.165, 1.54) is 17.0 Å². The summed E-state index contributed by atoms with van der Waals surface area (Å²) in [5.74, 6) is -0.549. The van der Waals surface area contributed by atoms with Gasteiger partial charge in [-0.1, -0.05) is 0 Å². The molecule has 1 aliphatic rings. The second kappa shape index (κ2) is 4.54. The number of hydrogen-bond acceptors (Lipinski definition) is 3. The molecule has 0 unspecified atom stereocenters. The number of carbonyl (C=O) groups excluding carboxylic acids is 1. The van der Waals surface area contributed by atoms with Crippen LogP contribution in [0.15, 0.2) is 12.1 Å². The predicted octanol–water partition coefficient (Wildman–Crippen LogP) is 2.95. The van der Waals surface area contributed by atoms with Crippen molar-refractivity contribution in [1.82, 2.24) is 4.90 Å². The lowest BCUT2D eigenvalue weighted by Gasteiger charge is -2.24. The summed E-state index contributed by atoms with van der Waals surface area (Å²) >= 11 is 0. The lowest BCUT2D eigenvalue weighted by atomic mass is 10.1. The maximum Gasteiger partial charge on any atom is 0.410 e. The number of carbonyl (C=O) groups is 1. The van der Waals surface area contributed by atoms with Crippen LogP contribution >= 0.6 is 0 Å². The largest absolute Gasteiger partial charge is 0.444 e. The molecule has 0 saturated heterocycles. The average Bonchev–Trinajstić information content (AvgIpc) is 2.68. The molecule has 1 aliphatic heterocycles. The highest BCUT2D eigenvalue weighted by Gasteiger charge is 2.28. The number of amides is 1. The van der Waals surface area contributed by atoms with Crippen LogP contribution in [0.2, 0.25) is 0 Å². The van der Waals surface area contributed by atoms with Gasteiger partial charge in [0.15, 0.2) is 0 Å². The number of halogens is 1. The normalized spacial score (nSPS) is 13.9. The molecule has 0 saturated carbocycles. The fourth-order valence-corrected chi connectivity index (χ4v) is 1.96. The Bertz CT molecular complexity index is 570. The predicted molar refractivity (Wildman–Crippen MR) is 66.6 cm³/mol. The highest BCUT2D eigenvalue weighted by atomic mass is 19.1. The third-order valence-electron chi connectivity index (χ3n) is 2.78. The van der Waals surface area contributed by atoms with Gasteiger partial charge in [0.2, 0.25) is 0 Å². The van der Waals surface area contributed by atoms with Crippen LogP contribution in [0.3, 0.4) is 0 Å². The molecule has 1 aromatic carbocycles. The van der Waals surface area contributed by atoms with Gasteiger partial charge < -0.3 is 4.74 Å². The highest BCUT2D eigenvalue weighted by molar-refractivity contribution is 5.69. The van der Waals surface area contributed by atoms with E-state index in [2.05, 4.69) is 0 Å². The molecular formula is C14H15FN2O2. The van der Waals surface area contributed by atoms with Crippen molar-refractivity contribution in [2.45, 2.75) is 39.5 Å². The van der Waals surface area contributed by atoms with E-state index in [9.17, 15) is 9.18 Å². The molecule has 1 amide bonds. The Morgan fingerprint density at radius 2 is 1.95 bits per heavy atom. The van der Waals surface area contributed by atoms with Gasteiger partial charge in [-0.2, -0.15) is 5.26 Å². The lowest BCUT2D eigenvalue weighted by molar-refractivity contribution is 0.0242. The second-order valence-corrected chi connectivity index (χ2v) is 5.55. The molecule has 0 atom stereocenters. The molecule has 0 spiro atoms. The van der Waals surface area contributed by atoms with Crippen molar-refractivity contribution < 1.29 is 13.9 Å². The summed E-state index contributed by atoms with van der Waals surface area (Å²) < 4.78 is 18.8. The summed E-state index contributed by atoms with van der Waals surface area (Å²) in [7, 11) is 0. The number of nitriles is 1. The zero-order chi connectivity index (χ0) is 14.2. The van der Waals surface area contributed by atoms with Crippen LogP contribution in [-0.4, -0.2) is 16.6 Å². The third-order valence-corrected chi connectivity index (χ3v) is 2.78. The van der Waals surface area contributed by atoms with Gasteiger partial charge in [0, 0.05) is 13.1 Å². The molecule has 5 heteroatoms. The van der Waals surface area contributed by atoms with Crippen LogP contribution in [0.4, 0.5) is 9.18 Å². The molecule has 0 aliphatic carbocycles. The van der Waals surface area contributed by atoms with Crippen molar-refractivity contribution in [2.75, 3.05) is 0 Å². The maximum absolute atomic E-state index is 13.5. The van der Waals surface area contributed by atoms with Crippen molar-refractivity contribution >= 4 is 6.09 Å². The van der Waals surface area contributed by atoms with Crippen molar-refractivity contribution in [3.8, 4) is 6.07 Å². The number of hydrogen-bond donors (Lipinski definition) is 0. The Kier molecular flexibility index (Phi) is 3.19. The topological polar surface area (TPSA) is 53.3 Å². The highest BCUT2D eigenvalue weighted by Crippen LogP contribution is 2.26. The molecule has 2 rings (SSSR count). The first-order valence-electron chi connectivity index (χ1n) is 5.99. The average molecular weight is 262 g/mol. The van der Waals surface area contributed by atoms with Crippen molar-refractivity contribution in [3.63, 3.8) is 0 Å². The van der Waals surface area contributed by atoms with Crippen molar-refractivity contribution in [2.24, 2.45) is 0 Å². The minimum absolute atomic E-state index is 0.00443. The van der Waals surface area contributed by atoms with E-state index in [1.807, 2.05) is 0 Å². The summed E-state index contributed by atoms with van der Waals surface area (Å²) in [6.07, 6.45) is -0.428. The summed E-state index contributed by atoms with van der Waals surface area (Å²) in [5.41, 5.74) is 0.963. The van der Waals surface area contributed by atoms with Crippen LogP contribution in [0.25, 0.3) is 0 Å². The molecule has 0 N–H and O–H groups in total. The first-order chi connectivity index (χ1) is 8.80. The Hall–Kier alpha value is -2.09. The molecule has 0 radical (unpaired) electrons. The molecule has 100 valence electrons. The number of fused-ring (bicyclic) bond motifs is 1. The fraction of sp³-hybridized carbons (Fsp3) is 0.429. The van der Waals surface area contributed by atoms with Crippen LogP contribution in [-0.2, 0) is 17.8 Å². The zero-order valence-electron chi connectivity index (χ0n) is 11.2. The van der Waals surface area contributed by atoms with E-state index in [0.29, 0.717) is 13.1 Å². The third kappa shape index (κ3) is 2.84. The van der Waals surface area contributed by atoms with Crippen LogP contribution in [0.5, 0.6) is 0 Å². The maximum atomic E-state index is 13.5. The van der Waals surface area contributed by atoms with Gasteiger partial charge in [0.25, 0.3) is 0 Å². The Morgan fingerprint density at radius 1 is 1.37 bits per heavy atom. The van der Waals surface area contributed by atoms with Gasteiger partial charge in [-0.15, -0.1) is 0 Å². The van der Waals surface area contributed by atoms with Gasteiger partial charge in [-0.05, 0) is 44.0 Å². The van der Waals surface area contributed by atoms with Crippen LogP contribution in [0, 0.1) is 17.1 Å². The van der Waals surface area contributed by atoms with E-state index in [4.69, 9.17) is 10.00 Å². The number of nitrogens with zero attached hydrogens (tertiary/aromatic N) is 2. The Labute approximate surface area is 111 Å². The van der Waals surface area contributed by atoms with Crippen LogP contribution in [0.1, 0.15) is 37.5 Å². The van der Waals surface area contributed by atoms with E-state index in [-0.39, 0.29) is 5.56 Å². The number of benzene rings is 1. The molecule has 19 heavy (non-hydrogen) atoms. The van der Waals surface area contributed by atoms with E-state index in [0.717, 1.165) is 11.1 Å².